The molecule has 0 bridgehead atoms. The smallest absolute Gasteiger partial charge is 0.268 e. The third kappa shape index (κ3) is 5.91. The van der Waals surface area contributed by atoms with Crippen molar-refractivity contribution >= 4 is 33.8 Å². The van der Waals surface area contributed by atoms with E-state index in [0.29, 0.717) is 17.1 Å². The number of nitrogens with one attached hydrogen (secondary N) is 2. The summed E-state index contributed by atoms with van der Waals surface area (Å²) in [5, 5.41) is 5.69. The van der Waals surface area contributed by atoms with Crippen molar-refractivity contribution in [3.8, 4) is 11.3 Å². The fourth-order valence-corrected chi connectivity index (χ4v) is 3.65. The first kappa shape index (κ1) is 23.3. The van der Waals surface area contributed by atoms with Crippen LogP contribution < -0.4 is 10.6 Å². The van der Waals surface area contributed by atoms with Crippen molar-refractivity contribution in [3.05, 3.63) is 124 Å². The third-order valence-electron chi connectivity index (χ3n) is 5.22. The minimum absolute atomic E-state index is 0.0911. The summed E-state index contributed by atoms with van der Waals surface area (Å²) < 4.78 is 6.91. The molecule has 1 unspecified atom stereocenters. The molecule has 0 aliphatic heterocycles. The van der Waals surface area contributed by atoms with E-state index in [0.717, 1.165) is 15.6 Å². The van der Waals surface area contributed by atoms with E-state index < -0.39 is 5.91 Å². The number of carbonyl (C=O) groups excluding carboxylic acids is 2. The maximum Gasteiger partial charge on any atom is 0.268 e. The standard InChI is InChI=1S/C28H23BrN2O3/c1-19(20-8-4-2-5-9-20)30-28(33)25(31-27(32)22-10-6-3-7-11-22)18-24-16-17-26(34-24)21-12-14-23(29)15-13-21/h2-19H,1H3,(H,30,33)(H,31,32)/b25-18+. The van der Waals surface area contributed by atoms with Crippen molar-refractivity contribution in [1.82, 2.24) is 10.6 Å². The van der Waals surface area contributed by atoms with Gasteiger partial charge in [-0.2, -0.15) is 0 Å². The molecule has 1 heterocycles. The molecule has 170 valence electrons. The number of hydrogen-bond donors (Lipinski definition) is 2. The summed E-state index contributed by atoms with van der Waals surface area (Å²) in [6.07, 6.45) is 1.54. The van der Waals surface area contributed by atoms with Crippen LogP contribution in [-0.4, -0.2) is 11.8 Å². The minimum Gasteiger partial charge on any atom is -0.457 e. The van der Waals surface area contributed by atoms with Crippen molar-refractivity contribution in [3.63, 3.8) is 0 Å². The Labute approximate surface area is 206 Å². The number of halogens is 1. The van der Waals surface area contributed by atoms with Crippen LogP contribution in [0.15, 0.2) is 112 Å². The predicted octanol–water partition coefficient (Wildman–Crippen LogP) is 6.36. The van der Waals surface area contributed by atoms with Gasteiger partial charge in [0.25, 0.3) is 11.8 Å². The summed E-state index contributed by atoms with van der Waals surface area (Å²) in [6, 6.07) is 29.4. The molecule has 4 rings (SSSR count). The summed E-state index contributed by atoms with van der Waals surface area (Å²) in [4.78, 5) is 26.0. The fraction of sp³-hybridized carbons (Fsp3) is 0.0714. The molecule has 0 saturated carbocycles. The first-order valence-corrected chi connectivity index (χ1v) is 11.6. The molecule has 1 atom stereocenters. The highest BCUT2D eigenvalue weighted by Crippen LogP contribution is 2.25. The van der Waals surface area contributed by atoms with Crippen LogP contribution in [0.2, 0.25) is 0 Å². The average Bonchev–Trinajstić information content (AvgIpc) is 3.33. The summed E-state index contributed by atoms with van der Waals surface area (Å²) in [7, 11) is 0. The van der Waals surface area contributed by atoms with E-state index in [1.807, 2.05) is 73.7 Å². The second-order valence-electron chi connectivity index (χ2n) is 7.69. The minimum atomic E-state index is -0.415. The van der Waals surface area contributed by atoms with E-state index in [4.69, 9.17) is 4.42 Å². The topological polar surface area (TPSA) is 71.3 Å². The number of rotatable bonds is 7. The Morgan fingerprint density at radius 3 is 2.18 bits per heavy atom. The molecular formula is C28H23BrN2O3. The molecule has 0 fully saturated rings. The van der Waals surface area contributed by atoms with E-state index in [1.54, 1.807) is 30.3 Å². The number of carbonyl (C=O) groups is 2. The lowest BCUT2D eigenvalue weighted by Gasteiger charge is -2.16. The van der Waals surface area contributed by atoms with Crippen LogP contribution in [0, 0.1) is 0 Å². The van der Waals surface area contributed by atoms with Gasteiger partial charge in [-0.05, 0) is 48.9 Å². The van der Waals surface area contributed by atoms with Gasteiger partial charge < -0.3 is 15.1 Å². The molecule has 2 amide bonds. The Hall–Kier alpha value is -3.90. The number of benzene rings is 3. The van der Waals surface area contributed by atoms with Gasteiger partial charge in [0.1, 0.15) is 17.2 Å². The molecule has 4 aromatic rings. The lowest BCUT2D eigenvalue weighted by atomic mass is 10.1. The summed E-state index contributed by atoms with van der Waals surface area (Å²) in [6.45, 7) is 1.89. The Kier molecular flexibility index (Phi) is 7.40. The van der Waals surface area contributed by atoms with Crippen molar-refractivity contribution in [2.24, 2.45) is 0 Å². The molecule has 0 saturated heterocycles. The quantitative estimate of drug-likeness (QED) is 0.282. The van der Waals surface area contributed by atoms with Crippen molar-refractivity contribution in [1.29, 1.82) is 0 Å². The van der Waals surface area contributed by atoms with Gasteiger partial charge in [0.15, 0.2) is 0 Å². The van der Waals surface area contributed by atoms with Gasteiger partial charge in [0, 0.05) is 21.7 Å². The first-order valence-electron chi connectivity index (χ1n) is 10.8. The predicted molar refractivity (Wildman–Crippen MR) is 137 cm³/mol. The number of amides is 2. The number of hydrogen-bond acceptors (Lipinski definition) is 3. The van der Waals surface area contributed by atoms with Crippen LogP contribution in [0.1, 0.15) is 34.6 Å². The molecule has 0 radical (unpaired) electrons. The Morgan fingerprint density at radius 2 is 1.50 bits per heavy atom. The molecule has 6 heteroatoms. The summed E-state index contributed by atoms with van der Waals surface area (Å²) in [5.74, 6) is 0.311. The van der Waals surface area contributed by atoms with Gasteiger partial charge in [0.2, 0.25) is 0 Å². The van der Waals surface area contributed by atoms with Crippen LogP contribution >= 0.6 is 15.9 Å². The van der Waals surface area contributed by atoms with E-state index in [1.165, 1.54) is 6.08 Å². The molecule has 2 N–H and O–H groups in total. The van der Waals surface area contributed by atoms with E-state index >= 15 is 0 Å². The van der Waals surface area contributed by atoms with Crippen LogP contribution in [0.3, 0.4) is 0 Å². The SMILES string of the molecule is CC(NC(=O)/C(=C\c1ccc(-c2ccc(Br)cc2)o1)NC(=O)c1ccccc1)c1ccccc1. The zero-order valence-corrected chi connectivity index (χ0v) is 20.1. The molecule has 0 aliphatic rings. The zero-order chi connectivity index (χ0) is 23.9. The maximum absolute atomic E-state index is 13.2. The van der Waals surface area contributed by atoms with Crippen LogP contribution in [-0.2, 0) is 4.79 Å². The highest BCUT2D eigenvalue weighted by Gasteiger charge is 2.18. The van der Waals surface area contributed by atoms with Gasteiger partial charge >= 0.3 is 0 Å². The van der Waals surface area contributed by atoms with Gasteiger partial charge in [-0.3, -0.25) is 9.59 Å². The second-order valence-corrected chi connectivity index (χ2v) is 8.61. The lowest BCUT2D eigenvalue weighted by molar-refractivity contribution is -0.118. The van der Waals surface area contributed by atoms with Gasteiger partial charge in [-0.25, -0.2) is 0 Å². The number of furan rings is 1. The largest absolute Gasteiger partial charge is 0.457 e. The molecule has 0 aliphatic carbocycles. The molecule has 34 heavy (non-hydrogen) atoms. The van der Waals surface area contributed by atoms with Crippen LogP contribution in [0.25, 0.3) is 17.4 Å². The third-order valence-corrected chi connectivity index (χ3v) is 5.75. The summed E-state index contributed by atoms with van der Waals surface area (Å²) in [5.41, 5.74) is 2.40. The molecule has 3 aromatic carbocycles. The molecule has 0 spiro atoms. The zero-order valence-electron chi connectivity index (χ0n) is 18.5. The van der Waals surface area contributed by atoms with Crippen LogP contribution in [0.5, 0.6) is 0 Å². The highest BCUT2D eigenvalue weighted by molar-refractivity contribution is 9.10. The molecule has 1 aromatic heterocycles. The van der Waals surface area contributed by atoms with Crippen molar-refractivity contribution in [2.75, 3.05) is 0 Å². The highest BCUT2D eigenvalue weighted by atomic mass is 79.9. The molecular weight excluding hydrogens is 492 g/mol. The van der Waals surface area contributed by atoms with Gasteiger partial charge in [-0.1, -0.05) is 76.6 Å². The monoisotopic (exact) mass is 514 g/mol. The van der Waals surface area contributed by atoms with Gasteiger partial charge in [-0.15, -0.1) is 0 Å². The fourth-order valence-electron chi connectivity index (χ4n) is 3.38. The van der Waals surface area contributed by atoms with Crippen molar-refractivity contribution in [2.45, 2.75) is 13.0 Å². The van der Waals surface area contributed by atoms with Crippen molar-refractivity contribution < 1.29 is 14.0 Å². The van der Waals surface area contributed by atoms with Gasteiger partial charge in [0.05, 0.1) is 6.04 Å². The van der Waals surface area contributed by atoms with E-state index in [9.17, 15) is 9.59 Å². The van der Waals surface area contributed by atoms with Crippen LogP contribution in [0.4, 0.5) is 0 Å². The van der Waals surface area contributed by atoms with E-state index in [-0.39, 0.29) is 17.6 Å². The normalized spacial score (nSPS) is 12.1. The molecule has 5 nitrogen and oxygen atoms in total. The Morgan fingerprint density at radius 1 is 0.853 bits per heavy atom. The lowest BCUT2D eigenvalue weighted by Crippen LogP contribution is -2.36. The first-order chi connectivity index (χ1) is 16.5. The maximum atomic E-state index is 13.2. The average molecular weight is 515 g/mol. The Balaban J connectivity index is 1.60. The summed E-state index contributed by atoms with van der Waals surface area (Å²) >= 11 is 3.43. The Bertz CT molecular complexity index is 1300. The second kappa shape index (κ2) is 10.8. The van der Waals surface area contributed by atoms with E-state index in [2.05, 4.69) is 26.6 Å².